The van der Waals surface area contributed by atoms with Gasteiger partial charge < -0.3 is 15.3 Å². The van der Waals surface area contributed by atoms with Crippen LogP contribution in [0.5, 0.6) is 0 Å². The van der Waals surface area contributed by atoms with Crippen LogP contribution in [-0.4, -0.2) is 42.0 Å². The van der Waals surface area contributed by atoms with Crippen LogP contribution in [0.25, 0.3) is 0 Å². The third-order valence-corrected chi connectivity index (χ3v) is 2.80. The Morgan fingerprint density at radius 2 is 2.28 bits per heavy atom. The fourth-order valence-electron chi connectivity index (χ4n) is 1.22. The van der Waals surface area contributed by atoms with Crippen molar-refractivity contribution in [2.45, 2.75) is 10.7 Å². The van der Waals surface area contributed by atoms with Gasteiger partial charge in [-0.25, -0.2) is 4.79 Å². The predicted octanol–water partition coefficient (Wildman–Crippen LogP) is 2.46. The normalized spacial score (nSPS) is 10.5. The number of halogens is 2. The average molecular weight is 276 g/mol. The lowest BCUT2D eigenvalue weighted by Crippen LogP contribution is -2.33. The molecule has 0 fully saturated rings. The molecule has 0 spiro atoms. The first kappa shape index (κ1) is 14.7. The second-order valence-electron chi connectivity index (χ2n) is 3.48. The van der Waals surface area contributed by atoms with Crippen LogP contribution in [0.4, 0.5) is 19.3 Å². The monoisotopic (exact) mass is 276 g/mol. The summed E-state index contributed by atoms with van der Waals surface area (Å²) < 4.78 is 24.4. The number of rotatable bonds is 5. The maximum Gasteiger partial charge on any atom is 0.321 e. The van der Waals surface area contributed by atoms with Crippen molar-refractivity contribution in [1.82, 2.24) is 4.90 Å². The molecule has 1 aromatic rings. The largest absolute Gasteiger partial charge is 0.395 e. The highest BCUT2D eigenvalue weighted by Crippen LogP contribution is 2.27. The van der Waals surface area contributed by atoms with E-state index in [4.69, 9.17) is 5.11 Å². The van der Waals surface area contributed by atoms with E-state index < -0.39 is 11.8 Å². The number of urea groups is 1. The standard InChI is InChI=1S/C11H14F2N2O2S/c1-15(5-6-16)11(17)14-8-3-2-4-9(7-8)18-10(12)13/h2-4,7,10,16H,5-6H2,1H3,(H,14,17). The molecule has 4 nitrogen and oxygen atoms in total. The van der Waals surface area contributed by atoms with Gasteiger partial charge in [-0.15, -0.1) is 0 Å². The molecule has 1 aromatic carbocycles. The number of benzene rings is 1. The Hall–Kier alpha value is -1.34. The zero-order chi connectivity index (χ0) is 13.5. The summed E-state index contributed by atoms with van der Waals surface area (Å²) in [5.74, 6) is -2.49. The van der Waals surface area contributed by atoms with Crippen LogP contribution in [0, 0.1) is 0 Å². The molecule has 7 heteroatoms. The number of amides is 2. The molecule has 0 aromatic heterocycles. The molecule has 2 amide bonds. The first-order valence-electron chi connectivity index (χ1n) is 5.21. The van der Waals surface area contributed by atoms with Gasteiger partial charge in [0.25, 0.3) is 5.76 Å². The quantitative estimate of drug-likeness (QED) is 0.812. The summed E-state index contributed by atoms with van der Waals surface area (Å²) >= 11 is 0.420. The summed E-state index contributed by atoms with van der Waals surface area (Å²) in [6, 6.07) is 5.82. The molecule has 1 rings (SSSR count). The second kappa shape index (κ2) is 7.17. The fraction of sp³-hybridized carbons (Fsp3) is 0.364. The van der Waals surface area contributed by atoms with E-state index in [2.05, 4.69) is 5.32 Å². The molecule has 0 unspecified atom stereocenters. The number of hydrogen-bond acceptors (Lipinski definition) is 3. The summed E-state index contributed by atoms with van der Waals surface area (Å²) in [5.41, 5.74) is 0.440. The van der Waals surface area contributed by atoms with Crippen LogP contribution in [0.1, 0.15) is 0 Å². The third-order valence-electron chi connectivity index (χ3n) is 2.09. The number of hydrogen-bond donors (Lipinski definition) is 2. The molecule has 0 saturated carbocycles. The van der Waals surface area contributed by atoms with Crippen molar-refractivity contribution < 1.29 is 18.7 Å². The van der Waals surface area contributed by atoms with Crippen LogP contribution in [0.2, 0.25) is 0 Å². The predicted molar refractivity (Wildman–Crippen MR) is 67.0 cm³/mol. The molecular weight excluding hydrogens is 262 g/mol. The van der Waals surface area contributed by atoms with Crippen molar-refractivity contribution in [2.24, 2.45) is 0 Å². The van der Waals surface area contributed by atoms with Crippen molar-refractivity contribution in [3.8, 4) is 0 Å². The lowest BCUT2D eigenvalue weighted by atomic mass is 10.3. The molecule has 0 bridgehead atoms. The van der Waals surface area contributed by atoms with E-state index >= 15 is 0 Å². The van der Waals surface area contributed by atoms with Crippen molar-refractivity contribution in [3.63, 3.8) is 0 Å². The number of nitrogens with zero attached hydrogens (tertiary/aromatic N) is 1. The van der Waals surface area contributed by atoms with E-state index in [0.29, 0.717) is 22.3 Å². The number of nitrogens with one attached hydrogen (secondary N) is 1. The molecule has 0 atom stereocenters. The number of aliphatic hydroxyl groups is 1. The summed E-state index contributed by atoms with van der Waals surface area (Å²) in [6.07, 6.45) is 0. The first-order chi connectivity index (χ1) is 8.52. The maximum atomic E-state index is 12.2. The highest BCUT2D eigenvalue weighted by molar-refractivity contribution is 7.99. The highest BCUT2D eigenvalue weighted by Gasteiger charge is 2.09. The lowest BCUT2D eigenvalue weighted by molar-refractivity contribution is 0.202. The lowest BCUT2D eigenvalue weighted by Gasteiger charge is -2.16. The van der Waals surface area contributed by atoms with Crippen molar-refractivity contribution >= 4 is 23.5 Å². The molecular formula is C11H14F2N2O2S. The first-order valence-corrected chi connectivity index (χ1v) is 6.08. The highest BCUT2D eigenvalue weighted by atomic mass is 32.2. The van der Waals surface area contributed by atoms with Crippen LogP contribution in [0.15, 0.2) is 29.2 Å². The van der Waals surface area contributed by atoms with Crippen molar-refractivity contribution in [2.75, 3.05) is 25.5 Å². The van der Waals surface area contributed by atoms with E-state index in [0.717, 1.165) is 0 Å². The summed E-state index contributed by atoms with van der Waals surface area (Å²) in [7, 11) is 1.53. The molecule has 0 heterocycles. The van der Waals surface area contributed by atoms with Gasteiger partial charge in [0.05, 0.1) is 6.61 Å². The van der Waals surface area contributed by atoms with Gasteiger partial charge in [-0.2, -0.15) is 8.78 Å². The van der Waals surface area contributed by atoms with Crippen LogP contribution >= 0.6 is 11.8 Å². The number of carbonyl (C=O) groups is 1. The number of carbonyl (C=O) groups excluding carboxylic acids is 1. The second-order valence-corrected chi connectivity index (χ2v) is 4.55. The van der Waals surface area contributed by atoms with E-state index in [1.165, 1.54) is 18.0 Å². The molecule has 100 valence electrons. The minimum Gasteiger partial charge on any atom is -0.395 e. The Balaban J connectivity index is 2.64. The minimum absolute atomic E-state index is 0.134. The van der Waals surface area contributed by atoms with E-state index in [-0.39, 0.29) is 13.2 Å². The molecule has 0 saturated heterocycles. The van der Waals surface area contributed by atoms with Gasteiger partial charge in [-0.3, -0.25) is 0 Å². The molecule has 2 N–H and O–H groups in total. The number of alkyl halides is 2. The van der Waals surface area contributed by atoms with Gasteiger partial charge in [-0.1, -0.05) is 17.8 Å². The van der Waals surface area contributed by atoms with Crippen molar-refractivity contribution in [1.29, 1.82) is 0 Å². The summed E-state index contributed by atoms with van der Waals surface area (Å²) in [4.78, 5) is 13.3. The minimum atomic E-state index is -2.49. The molecule has 18 heavy (non-hydrogen) atoms. The van der Waals surface area contributed by atoms with Gasteiger partial charge in [0.2, 0.25) is 0 Å². The van der Waals surface area contributed by atoms with Gasteiger partial charge in [-0.05, 0) is 18.2 Å². The van der Waals surface area contributed by atoms with E-state index in [9.17, 15) is 13.6 Å². The zero-order valence-electron chi connectivity index (χ0n) is 9.77. The van der Waals surface area contributed by atoms with Gasteiger partial charge in [0, 0.05) is 24.2 Å². The Kier molecular flexibility index (Phi) is 5.87. The Labute approximate surface area is 108 Å². The number of thioether (sulfide) groups is 1. The molecule has 0 aliphatic rings. The summed E-state index contributed by atoms with van der Waals surface area (Å²) in [6.45, 7) is 0.0719. The molecule has 0 aliphatic carbocycles. The Bertz CT molecular complexity index is 404. The Morgan fingerprint density at radius 3 is 2.89 bits per heavy atom. The summed E-state index contributed by atoms with van der Waals surface area (Å²) in [5, 5.41) is 11.2. The van der Waals surface area contributed by atoms with Crippen molar-refractivity contribution in [3.05, 3.63) is 24.3 Å². The third kappa shape index (κ3) is 4.89. The van der Waals surface area contributed by atoms with Gasteiger partial charge >= 0.3 is 6.03 Å². The van der Waals surface area contributed by atoms with E-state index in [1.807, 2.05) is 0 Å². The number of aliphatic hydroxyl groups excluding tert-OH is 1. The van der Waals surface area contributed by atoms with Gasteiger partial charge in [0.1, 0.15) is 0 Å². The van der Waals surface area contributed by atoms with Crippen LogP contribution in [0.3, 0.4) is 0 Å². The number of anilines is 1. The topological polar surface area (TPSA) is 52.6 Å². The van der Waals surface area contributed by atoms with Crippen LogP contribution < -0.4 is 5.32 Å². The van der Waals surface area contributed by atoms with Gasteiger partial charge in [0.15, 0.2) is 0 Å². The fourth-order valence-corrected chi connectivity index (χ4v) is 1.78. The zero-order valence-corrected chi connectivity index (χ0v) is 10.6. The number of likely N-dealkylation sites (N-methyl/N-ethyl adjacent to an activating group) is 1. The Morgan fingerprint density at radius 1 is 1.56 bits per heavy atom. The van der Waals surface area contributed by atoms with E-state index in [1.54, 1.807) is 18.2 Å². The maximum absolute atomic E-state index is 12.2. The molecule has 0 radical (unpaired) electrons. The molecule has 0 aliphatic heterocycles. The smallest absolute Gasteiger partial charge is 0.321 e. The average Bonchev–Trinajstić information content (AvgIpc) is 2.28. The van der Waals surface area contributed by atoms with Crippen LogP contribution in [-0.2, 0) is 0 Å². The SMILES string of the molecule is CN(CCO)C(=O)Nc1cccc(SC(F)F)c1.